The molecule has 0 aromatic heterocycles. The minimum absolute atomic E-state index is 0.117. The van der Waals surface area contributed by atoms with Gasteiger partial charge < -0.3 is 14.7 Å². The van der Waals surface area contributed by atoms with E-state index in [2.05, 4.69) is 0 Å². The van der Waals surface area contributed by atoms with Crippen LogP contribution in [0.4, 0.5) is 9.18 Å². The maximum Gasteiger partial charge on any atom is 0.410 e. The van der Waals surface area contributed by atoms with Gasteiger partial charge in [-0.3, -0.25) is 0 Å². The van der Waals surface area contributed by atoms with Crippen LogP contribution in [0, 0.1) is 5.82 Å². The third-order valence-corrected chi connectivity index (χ3v) is 3.84. The monoisotopic (exact) mass is 323 g/mol. The van der Waals surface area contributed by atoms with E-state index in [0.717, 1.165) is 5.56 Å². The Labute approximate surface area is 135 Å². The number of ether oxygens (including phenoxy) is 1. The zero-order valence-electron chi connectivity index (χ0n) is 13.6. The van der Waals surface area contributed by atoms with Gasteiger partial charge in [0.05, 0.1) is 5.56 Å². The lowest BCUT2D eigenvalue weighted by molar-refractivity contribution is 0.0204. The summed E-state index contributed by atoms with van der Waals surface area (Å²) < 4.78 is 19.1. The van der Waals surface area contributed by atoms with Crippen molar-refractivity contribution in [2.45, 2.75) is 45.1 Å². The maximum atomic E-state index is 13.8. The molecule has 0 atom stereocenters. The standard InChI is InChI=1S/C17H22FNO4/c1-17(2,3)23-16(22)19-8-6-11(7-9-19)12-4-5-13(15(20)21)14(18)10-12/h4-5,10-11H,6-9H2,1-3H3,(H,20,21). The molecule has 1 saturated heterocycles. The van der Waals surface area contributed by atoms with Crippen molar-refractivity contribution in [2.24, 2.45) is 0 Å². The second-order valence-corrected chi connectivity index (χ2v) is 6.79. The molecule has 0 bridgehead atoms. The minimum Gasteiger partial charge on any atom is -0.478 e. The highest BCUT2D eigenvalue weighted by atomic mass is 19.1. The second kappa shape index (κ2) is 6.56. The number of carboxylic acids is 1. The molecule has 1 aliphatic rings. The molecule has 0 saturated carbocycles. The average Bonchev–Trinajstić information content (AvgIpc) is 2.45. The Hall–Kier alpha value is -2.11. The third kappa shape index (κ3) is 4.43. The van der Waals surface area contributed by atoms with Crippen molar-refractivity contribution in [1.82, 2.24) is 4.90 Å². The van der Waals surface area contributed by atoms with E-state index in [0.29, 0.717) is 25.9 Å². The molecule has 126 valence electrons. The van der Waals surface area contributed by atoms with E-state index in [4.69, 9.17) is 9.84 Å². The predicted octanol–water partition coefficient (Wildman–Crippen LogP) is 3.64. The molecule has 5 nitrogen and oxygen atoms in total. The number of likely N-dealkylation sites (tertiary alicyclic amines) is 1. The molecule has 0 unspecified atom stereocenters. The molecule has 0 spiro atoms. The van der Waals surface area contributed by atoms with Gasteiger partial charge in [-0.15, -0.1) is 0 Å². The first kappa shape index (κ1) is 17.2. The number of rotatable bonds is 2. The van der Waals surface area contributed by atoms with Gasteiger partial charge in [-0.2, -0.15) is 0 Å². The number of hydrogen-bond donors (Lipinski definition) is 1. The smallest absolute Gasteiger partial charge is 0.410 e. The number of nitrogens with zero attached hydrogens (tertiary/aromatic N) is 1. The molecule has 1 aliphatic heterocycles. The van der Waals surface area contributed by atoms with Gasteiger partial charge in [0.2, 0.25) is 0 Å². The van der Waals surface area contributed by atoms with Gasteiger partial charge in [-0.1, -0.05) is 6.07 Å². The fourth-order valence-electron chi connectivity index (χ4n) is 2.68. The first-order valence-electron chi connectivity index (χ1n) is 7.68. The third-order valence-electron chi connectivity index (χ3n) is 3.84. The highest BCUT2D eigenvalue weighted by Crippen LogP contribution is 2.29. The molecule has 1 amide bonds. The summed E-state index contributed by atoms with van der Waals surface area (Å²) in [5.74, 6) is -1.87. The Balaban J connectivity index is 1.98. The summed E-state index contributed by atoms with van der Waals surface area (Å²) in [4.78, 5) is 24.5. The summed E-state index contributed by atoms with van der Waals surface area (Å²) >= 11 is 0. The number of piperidine rings is 1. The van der Waals surface area contributed by atoms with Crippen molar-refractivity contribution in [2.75, 3.05) is 13.1 Å². The Bertz CT molecular complexity index is 601. The van der Waals surface area contributed by atoms with Crippen LogP contribution in [0.3, 0.4) is 0 Å². The molecule has 2 rings (SSSR count). The molecule has 0 aliphatic carbocycles. The number of aromatic carboxylic acids is 1. The molecule has 1 fully saturated rings. The fraction of sp³-hybridized carbons (Fsp3) is 0.529. The molecular weight excluding hydrogens is 301 g/mol. The largest absolute Gasteiger partial charge is 0.478 e. The number of carbonyl (C=O) groups excluding carboxylic acids is 1. The minimum atomic E-state index is -1.27. The molecule has 1 aromatic rings. The number of carbonyl (C=O) groups is 2. The summed E-state index contributed by atoms with van der Waals surface area (Å²) in [5.41, 5.74) is -0.0692. The van der Waals surface area contributed by atoms with Crippen LogP contribution < -0.4 is 0 Å². The first-order valence-corrected chi connectivity index (χ1v) is 7.68. The van der Waals surface area contributed by atoms with Crippen LogP contribution in [0.15, 0.2) is 18.2 Å². The van der Waals surface area contributed by atoms with Crippen molar-refractivity contribution < 1.29 is 23.8 Å². The normalized spacial score (nSPS) is 16.3. The van der Waals surface area contributed by atoms with E-state index < -0.39 is 17.4 Å². The van der Waals surface area contributed by atoms with Gasteiger partial charge in [0.1, 0.15) is 11.4 Å². The van der Waals surface area contributed by atoms with Crippen LogP contribution >= 0.6 is 0 Å². The maximum absolute atomic E-state index is 13.8. The lowest BCUT2D eigenvalue weighted by Crippen LogP contribution is -2.41. The fourth-order valence-corrected chi connectivity index (χ4v) is 2.68. The van der Waals surface area contributed by atoms with Crippen molar-refractivity contribution in [1.29, 1.82) is 0 Å². The van der Waals surface area contributed by atoms with E-state index >= 15 is 0 Å². The summed E-state index contributed by atoms with van der Waals surface area (Å²) in [6.07, 6.45) is 1.07. The Kier molecular flexibility index (Phi) is 4.92. The molecule has 23 heavy (non-hydrogen) atoms. The average molecular weight is 323 g/mol. The zero-order valence-corrected chi connectivity index (χ0v) is 13.6. The van der Waals surface area contributed by atoms with Gasteiger partial charge in [0, 0.05) is 13.1 Å². The number of benzene rings is 1. The van der Waals surface area contributed by atoms with Gasteiger partial charge in [0.25, 0.3) is 0 Å². The molecule has 0 radical (unpaired) electrons. The lowest BCUT2D eigenvalue weighted by Gasteiger charge is -2.33. The van der Waals surface area contributed by atoms with E-state index in [1.165, 1.54) is 12.1 Å². The highest BCUT2D eigenvalue weighted by molar-refractivity contribution is 5.87. The number of amides is 1. The van der Waals surface area contributed by atoms with E-state index in [1.807, 2.05) is 20.8 Å². The Morgan fingerprint density at radius 3 is 2.35 bits per heavy atom. The van der Waals surface area contributed by atoms with Crippen molar-refractivity contribution in [3.63, 3.8) is 0 Å². The summed E-state index contributed by atoms with van der Waals surface area (Å²) in [5, 5.41) is 8.86. The Morgan fingerprint density at radius 1 is 1.26 bits per heavy atom. The van der Waals surface area contributed by atoms with Gasteiger partial charge in [-0.25, -0.2) is 14.0 Å². The van der Waals surface area contributed by atoms with Crippen molar-refractivity contribution >= 4 is 12.1 Å². The SMILES string of the molecule is CC(C)(C)OC(=O)N1CCC(c2ccc(C(=O)O)c(F)c2)CC1. The molecule has 6 heteroatoms. The molecule has 1 heterocycles. The van der Waals surface area contributed by atoms with Gasteiger partial charge >= 0.3 is 12.1 Å². The number of halogens is 1. The quantitative estimate of drug-likeness (QED) is 0.902. The zero-order chi connectivity index (χ0) is 17.2. The van der Waals surface area contributed by atoms with Crippen LogP contribution in [0.25, 0.3) is 0 Å². The van der Waals surface area contributed by atoms with Crippen LogP contribution in [-0.4, -0.2) is 40.8 Å². The Morgan fingerprint density at radius 2 is 1.87 bits per heavy atom. The molecule has 1 N–H and O–H groups in total. The van der Waals surface area contributed by atoms with Crippen molar-refractivity contribution in [3.8, 4) is 0 Å². The van der Waals surface area contributed by atoms with Crippen LogP contribution in [0.2, 0.25) is 0 Å². The van der Waals surface area contributed by atoms with Gasteiger partial charge in [-0.05, 0) is 57.2 Å². The lowest BCUT2D eigenvalue weighted by atomic mass is 9.89. The van der Waals surface area contributed by atoms with E-state index in [1.54, 1.807) is 11.0 Å². The van der Waals surface area contributed by atoms with Crippen LogP contribution in [0.1, 0.15) is 55.5 Å². The molecular formula is C17H22FNO4. The predicted molar refractivity (Wildman–Crippen MR) is 83.1 cm³/mol. The van der Waals surface area contributed by atoms with Crippen LogP contribution in [0.5, 0.6) is 0 Å². The van der Waals surface area contributed by atoms with Gasteiger partial charge in [0.15, 0.2) is 0 Å². The first-order chi connectivity index (χ1) is 10.7. The number of carboxylic acid groups (broad SMARTS) is 1. The molecule has 1 aromatic carbocycles. The topological polar surface area (TPSA) is 66.8 Å². The van der Waals surface area contributed by atoms with Crippen LogP contribution in [-0.2, 0) is 4.74 Å². The second-order valence-electron chi connectivity index (χ2n) is 6.79. The van der Waals surface area contributed by atoms with E-state index in [9.17, 15) is 14.0 Å². The summed E-state index contributed by atoms with van der Waals surface area (Å²) in [6.45, 7) is 6.56. The summed E-state index contributed by atoms with van der Waals surface area (Å²) in [6, 6.07) is 4.24. The number of hydrogen-bond acceptors (Lipinski definition) is 3. The summed E-state index contributed by atoms with van der Waals surface area (Å²) in [7, 11) is 0. The van der Waals surface area contributed by atoms with Crippen molar-refractivity contribution in [3.05, 3.63) is 35.1 Å². The van der Waals surface area contributed by atoms with E-state index in [-0.39, 0.29) is 17.6 Å². The highest BCUT2D eigenvalue weighted by Gasteiger charge is 2.28.